The molecule has 2 N–H and O–H groups in total. The number of aromatic amines is 2. The average Bonchev–Trinajstić information content (AvgIpc) is 3.27. The second-order valence-corrected chi connectivity index (χ2v) is 6.26. The van der Waals surface area contributed by atoms with Crippen LogP contribution < -0.4 is 0 Å². The van der Waals surface area contributed by atoms with Gasteiger partial charge in [0.1, 0.15) is 17.0 Å². The van der Waals surface area contributed by atoms with Crippen molar-refractivity contribution in [1.29, 1.82) is 0 Å². The van der Waals surface area contributed by atoms with Gasteiger partial charge in [-0.3, -0.25) is 14.6 Å². The minimum atomic E-state index is -0.0107. The highest BCUT2D eigenvalue weighted by Crippen LogP contribution is 2.23. The zero-order valence-corrected chi connectivity index (χ0v) is 14.3. The molecule has 0 saturated carbocycles. The summed E-state index contributed by atoms with van der Waals surface area (Å²) in [6.45, 7) is 3.81. The number of hydrogen-bond acceptors (Lipinski definition) is 4. The topological polar surface area (TPSA) is 92.3 Å². The molecule has 0 atom stereocenters. The van der Waals surface area contributed by atoms with Crippen LogP contribution >= 0.6 is 0 Å². The number of ketones is 1. The molecule has 0 spiro atoms. The highest BCUT2D eigenvalue weighted by molar-refractivity contribution is 5.97. The fraction of sp³-hybridized carbons (Fsp3) is 0.222. The van der Waals surface area contributed by atoms with Crippen LogP contribution in [0.1, 0.15) is 27.3 Å². The number of Topliss-reactive ketones (excluding diaryl/α,β-unsaturated/α-hetero) is 1. The zero-order chi connectivity index (χ0) is 17.6. The van der Waals surface area contributed by atoms with Crippen LogP contribution in [0.3, 0.4) is 0 Å². The Morgan fingerprint density at radius 2 is 2.12 bits per heavy atom. The fourth-order valence-corrected chi connectivity index (χ4v) is 2.88. The van der Waals surface area contributed by atoms with Gasteiger partial charge in [-0.05, 0) is 37.6 Å². The number of aryl methyl sites for hydroxylation is 2. The first-order chi connectivity index (χ1) is 12.0. The number of carbonyl (C=O) groups is 1. The van der Waals surface area contributed by atoms with Gasteiger partial charge in [-0.15, -0.1) is 0 Å². The molecule has 0 radical (unpaired) electrons. The first kappa shape index (κ1) is 15.3. The van der Waals surface area contributed by atoms with E-state index < -0.39 is 0 Å². The van der Waals surface area contributed by atoms with Gasteiger partial charge in [0.25, 0.3) is 0 Å². The summed E-state index contributed by atoms with van der Waals surface area (Å²) in [6, 6.07) is 5.93. The van der Waals surface area contributed by atoms with Crippen molar-refractivity contribution < 1.29 is 4.79 Å². The molecule has 0 fully saturated rings. The van der Waals surface area contributed by atoms with Gasteiger partial charge >= 0.3 is 0 Å². The lowest BCUT2D eigenvalue weighted by molar-refractivity contribution is 0.0987. The third kappa shape index (κ3) is 2.73. The van der Waals surface area contributed by atoms with E-state index in [-0.39, 0.29) is 12.2 Å². The highest BCUT2D eigenvalue weighted by Gasteiger charge is 2.16. The Hall–Kier alpha value is -3.22. The maximum absolute atomic E-state index is 12.5. The van der Waals surface area contributed by atoms with E-state index in [1.165, 1.54) is 0 Å². The number of nitrogens with one attached hydrogen (secondary N) is 2. The number of hydrogen-bond donors (Lipinski definition) is 2. The summed E-state index contributed by atoms with van der Waals surface area (Å²) in [5, 5.41) is 12.3. The van der Waals surface area contributed by atoms with Crippen molar-refractivity contribution in [3.63, 3.8) is 0 Å². The largest absolute Gasteiger partial charge is 0.338 e. The van der Waals surface area contributed by atoms with Crippen LogP contribution in [0, 0.1) is 13.8 Å². The molecule has 4 rings (SSSR count). The summed E-state index contributed by atoms with van der Waals surface area (Å²) < 4.78 is 1.76. The molecule has 0 aliphatic carbocycles. The predicted molar refractivity (Wildman–Crippen MR) is 94.4 cm³/mol. The van der Waals surface area contributed by atoms with Gasteiger partial charge in [0, 0.05) is 42.5 Å². The third-order valence-electron chi connectivity index (χ3n) is 4.40. The van der Waals surface area contributed by atoms with Crippen molar-refractivity contribution in [3.05, 3.63) is 53.1 Å². The maximum Gasteiger partial charge on any atom is 0.187 e. The smallest absolute Gasteiger partial charge is 0.187 e. The van der Waals surface area contributed by atoms with E-state index in [9.17, 15) is 4.79 Å². The summed E-state index contributed by atoms with van der Waals surface area (Å²) in [5.41, 5.74) is 5.74. The van der Waals surface area contributed by atoms with Crippen LogP contribution in [0.15, 0.2) is 30.6 Å². The fourth-order valence-electron chi connectivity index (χ4n) is 2.88. The third-order valence-corrected chi connectivity index (χ3v) is 4.40. The van der Waals surface area contributed by atoms with Crippen LogP contribution in [0.2, 0.25) is 0 Å². The molecule has 25 heavy (non-hydrogen) atoms. The van der Waals surface area contributed by atoms with Gasteiger partial charge in [-0.25, -0.2) is 4.98 Å². The number of carbonyl (C=O) groups excluding carboxylic acids is 1. The first-order valence-corrected chi connectivity index (χ1v) is 8.03. The molecule has 0 aliphatic heterocycles. The van der Waals surface area contributed by atoms with Gasteiger partial charge < -0.3 is 4.98 Å². The lowest BCUT2D eigenvalue weighted by Gasteiger charge is -2.00. The van der Waals surface area contributed by atoms with E-state index in [0.29, 0.717) is 5.69 Å². The number of nitrogens with zero attached hydrogens (tertiary/aromatic N) is 4. The lowest BCUT2D eigenvalue weighted by atomic mass is 10.0. The van der Waals surface area contributed by atoms with Crippen molar-refractivity contribution >= 4 is 16.8 Å². The van der Waals surface area contributed by atoms with Crippen molar-refractivity contribution in [2.24, 2.45) is 7.05 Å². The number of H-pyrrole nitrogens is 2. The van der Waals surface area contributed by atoms with Crippen LogP contribution in [0.25, 0.3) is 22.4 Å². The highest BCUT2D eigenvalue weighted by atomic mass is 16.1. The molecule has 0 aromatic carbocycles. The Morgan fingerprint density at radius 1 is 1.28 bits per heavy atom. The van der Waals surface area contributed by atoms with Crippen molar-refractivity contribution in [2.75, 3.05) is 0 Å². The van der Waals surface area contributed by atoms with Crippen molar-refractivity contribution in [3.8, 4) is 11.4 Å². The van der Waals surface area contributed by atoms with E-state index in [0.717, 1.165) is 39.2 Å². The van der Waals surface area contributed by atoms with E-state index in [1.54, 1.807) is 10.9 Å². The SMILES string of the molecule is Cc1[nH]nc(C(=O)Cc2cnc3[nH]c(-c4ccn(C)n4)cc3c2)c1C. The Bertz CT molecular complexity index is 1080. The van der Waals surface area contributed by atoms with Gasteiger partial charge in [0.05, 0.1) is 5.69 Å². The summed E-state index contributed by atoms with van der Waals surface area (Å²) in [5.74, 6) is -0.0107. The van der Waals surface area contributed by atoms with Crippen molar-refractivity contribution in [1.82, 2.24) is 29.9 Å². The minimum absolute atomic E-state index is 0.0107. The van der Waals surface area contributed by atoms with E-state index >= 15 is 0 Å². The average molecular weight is 334 g/mol. The summed E-state index contributed by atoms with van der Waals surface area (Å²) in [6.07, 6.45) is 3.90. The Morgan fingerprint density at radius 3 is 2.80 bits per heavy atom. The Kier molecular flexibility index (Phi) is 3.49. The van der Waals surface area contributed by atoms with E-state index in [2.05, 4.69) is 25.3 Å². The lowest BCUT2D eigenvalue weighted by Crippen LogP contribution is -2.06. The molecule has 7 nitrogen and oxygen atoms in total. The standard InChI is InChI=1S/C18H18N6O/c1-10-11(2)21-22-17(10)16(25)7-12-6-13-8-15(20-18(13)19-9-12)14-4-5-24(3)23-14/h4-6,8-9H,7H2,1-3H3,(H,19,20)(H,21,22). The van der Waals surface area contributed by atoms with Gasteiger partial charge in [0.2, 0.25) is 0 Å². The molecule has 0 aliphatic rings. The van der Waals surface area contributed by atoms with Gasteiger partial charge in [-0.1, -0.05) is 0 Å². The summed E-state index contributed by atoms with van der Waals surface area (Å²) in [7, 11) is 1.88. The van der Waals surface area contributed by atoms with Gasteiger partial charge in [0.15, 0.2) is 5.78 Å². The normalized spacial score (nSPS) is 11.3. The maximum atomic E-state index is 12.5. The van der Waals surface area contributed by atoms with Crippen LogP contribution in [0.5, 0.6) is 0 Å². The second kappa shape index (κ2) is 5.70. The summed E-state index contributed by atoms with van der Waals surface area (Å²) in [4.78, 5) is 20.2. The number of pyridine rings is 1. The Balaban J connectivity index is 1.63. The molecule has 126 valence electrons. The number of aromatic nitrogens is 6. The zero-order valence-electron chi connectivity index (χ0n) is 14.3. The van der Waals surface area contributed by atoms with Crippen LogP contribution in [-0.2, 0) is 13.5 Å². The predicted octanol–water partition coefficient (Wildman–Crippen LogP) is 2.73. The number of fused-ring (bicyclic) bond motifs is 1. The first-order valence-electron chi connectivity index (χ1n) is 8.03. The minimum Gasteiger partial charge on any atom is -0.338 e. The molecule has 0 bridgehead atoms. The van der Waals surface area contributed by atoms with E-state index in [4.69, 9.17) is 0 Å². The molecule has 7 heteroatoms. The monoisotopic (exact) mass is 334 g/mol. The van der Waals surface area contributed by atoms with Crippen LogP contribution in [0.4, 0.5) is 0 Å². The molecule has 0 unspecified atom stereocenters. The number of rotatable bonds is 4. The quantitative estimate of drug-likeness (QED) is 0.561. The molecule has 0 saturated heterocycles. The van der Waals surface area contributed by atoms with Gasteiger partial charge in [-0.2, -0.15) is 10.2 Å². The molecular weight excluding hydrogens is 316 g/mol. The van der Waals surface area contributed by atoms with Crippen LogP contribution in [-0.4, -0.2) is 35.7 Å². The molecular formula is C18H18N6O. The molecule has 4 heterocycles. The second-order valence-electron chi connectivity index (χ2n) is 6.26. The summed E-state index contributed by atoms with van der Waals surface area (Å²) >= 11 is 0. The molecule has 4 aromatic rings. The molecule has 4 aromatic heterocycles. The van der Waals surface area contributed by atoms with E-state index in [1.807, 2.05) is 45.3 Å². The molecule has 0 amide bonds. The Labute approximate surface area is 144 Å². The van der Waals surface area contributed by atoms with Crippen molar-refractivity contribution in [2.45, 2.75) is 20.3 Å².